The van der Waals surface area contributed by atoms with Crippen LogP contribution in [0, 0.1) is 11.8 Å². The Morgan fingerprint density at radius 1 is 1.25 bits per heavy atom. The van der Waals surface area contributed by atoms with E-state index in [2.05, 4.69) is 24.1 Å². The molecule has 2 fully saturated rings. The first kappa shape index (κ1) is 12.4. The minimum absolute atomic E-state index is 0.694. The highest BCUT2D eigenvalue weighted by molar-refractivity contribution is 4.80. The Bertz CT molecular complexity index is 205. The summed E-state index contributed by atoms with van der Waals surface area (Å²) in [5, 5.41) is 3.53. The monoisotopic (exact) mass is 224 g/mol. The zero-order valence-electron chi connectivity index (χ0n) is 11.0. The highest BCUT2D eigenvalue weighted by atomic mass is 15.2. The SMILES string of the molecule is CCC1CCCC(CN2CCN[C@H](C)C2)C1. The van der Waals surface area contributed by atoms with Gasteiger partial charge in [-0.3, -0.25) is 0 Å². The summed E-state index contributed by atoms with van der Waals surface area (Å²) in [4.78, 5) is 2.68. The standard InChI is InChI=1S/C14H28N2/c1-3-13-5-4-6-14(9-13)11-16-8-7-15-12(2)10-16/h12-15H,3-11H2,1-2H3/t12-,13?,14?/m1/s1. The molecule has 0 amide bonds. The smallest absolute Gasteiger partial charge is 0.0167 e. The van der Waals surface area contributed by atoms with Crippen molar-refractivity contribution in [1.82, 2.24) is 10.2 Å². The summed E-state index contributed by atoms with van der Waals surface area (Å²) >= 11 is 0. The minimum atomic E-state index is 0.694. The average molecular weight is 224 g/mol. The van der Waals surface area contributed by atoms with Gasteiger partial charge in [0.15, 0.2) is 0 Å². The van der Waals surface area contributed by atoms with Crippen molar-refractivity contribution in [1.29, 1.82) is 0 Å². The predicted octanol–water partition coefficient (Wildman–Crippen LogP) is 2.50. The van der Waals surface area contributed by atoms with E-state index in [0.717, 1.165) is 11.8 Å². The topological polar surface area (TPSA) is 15.3 Å². The van der Waals surface area contributed by atoms with Gasteiger partial charge in [-0.05, 0) is 31.6 Å². The summed E-state index contributed by atoms with van der Waals surface area (Å²) in [5.74, 6) is 2.02. The van der Waals surface area contributed by atoms with Gasteiger partial charge in [0.25, 0.3) is 0 Å². The fraction of sp³-hybridized carbons (Fsp3) is 1.00. The number of piperazine rings is 1. The molecule has 16 heavy (non-hydrogen) atoms. The molecule has 0 aromatic heterocycles. The van der Waals surface area contributed by atoms with Crippen LogP contribution in [-0.4, -0.2) is 37.1 Å². The molecular formula is C14H28N2. The molecule has 1 saturated heterocycles. The fourth-order valence-corrected chi connectivity index (χ4v) is 3.48. The van der Waals surface area contributed by atoms with Gasteiger partial charge in [-0.15, -0.1) is 0 Å². The van der Waals surface area contributed by atoms with Crippen LogP contribution >= 0.6 is 0 Å². The molecule has 2 unspecified atom stereocenters. The molecule has 0 bridgehead atoms. The van der Waals surface area contributed by atoms with Crippen molar-refractivity contribution in [3.63, 3.8) is 0 Å². The summed E-state index contributed by atoms with van der Waals surface area (Å²) in [6.45, 7) is 9.74. The van der Waals surface area contributed by atoms with Gasteiger partial charge in [0.1, 0.15) is 0 Å². The third-order valence-electron chi connectivity index (χ3n) is 4.44. The molecule has 0 aromatic rings. The lowest BCUT2D eigenvalue weighted by Crippen LogP contribution is -2.50. The second-order valence-electron chi connectivity index (χ2n) is 5.92. The normalized spacial score (nSPS) is 37.5. The third kappa shape index (κ3) is 3.46. The summed E-state index contributed by atoms with van der Waals surface area (Å²) in [5.41, 5.74) is 0. The molecule has 0 radical (unpaired) electrons. The molecule has 1 aliphatic carbocycles. The van der Waals surface area contributed by atoms with E-state index in [1.807, 2.05) is 0 Å². The number of rotatable bonds is 3. The summed E-state index contributed by atoms with van der Waals surface area (Å²) in [7, 11) is 0. The largest absolute Gasteiger partial charge is 0.312 e. The van der Waals surface area contributed by atoms with Crippen molar-refractivity contribution < 1.29 is 0 Å². The molecular weight excluding hydrogens is 196 g/mol. The molecule has 3 atom stereocenters. The van der Waals surface area contributed by atoms with Gasteiger partial charge in [-0.25, -0.2) is 0 Å². The maximum atomic E-state index is 3.53. The van der Waals surface area contributed by atoms with Gasteiger partial charge in [0.2, 0.25) is 0 Å². The Balaban J connectivity index is 1.75. The van der Waals surface area contributed by atoms with E-state index in [-0.39, 0.29) is 0 Å². The highest BCUT2D eigenvalue weighted by Crippen LogP contribution is 2.31. The number of hydrogen-bond acceptors (Lipinski definition) is 2. The first-order valence-electron chi connectivity index (χ1n) is 7.23. The molecule has 1 saturated carbocycles. The van der Waals surface area contributed by atoms with Gasteiger partial charge < -0.3 is 10.2 Å². The average Bonchev–Trinajstić information content (AvgIpc) is 2.29. The summed E-state index contributed by atoms with van der Waals surface area (Å²) in [6.07, 6.45) is 7.34. The van der Waals surface area contributed by atoms with Gasteiger partial charge in [0, 0.05) is 32.2 Å². The Morgan fingerprint density at radius 3 is 2.81 bits per heavy atom. The predicted molar refractivity (Wildman–Crippen MR) is 69.6 cm³/mol. The van der Waals surface area contributed by atoms with Crippen molar-refractivity contribution >= 4 is 0 Å². The van der Waals surface area contributed by atoms with Crippen LogP contribution < -0.4 is 5.32 Å². The van der Waals surface area contributed by atoms with Crippen LogP contribution in [0.3, 0.4) is 0 Å². The van der Waals surface area contributed by atoms with E-state index in [0.29, 0.717) is 6.04 Å². The van der Waals surface area contributed by atoms with Gasteiger partial charge >= 0.3 is 0 Å². The fourth-order valence-electron chi connectivity index (χ4n) is 3.48. The Hall–Kier alpha value is -0.0800. The molecule has 1 heterocycles. The van der Waals surface area contributed by atoms with Crippen LogP contribution in [0.15, 0.2) is 0 Å². The molecule has 2 aliphatic rings. The molecule has 0 spiro atoms. The minimum Gasteiger partial charge on any atom is -0.312 e. The Kier molecular flexibility index (Phi) is 4.66. The van der Waals surface area contributed by atoms with E-state index in [1.54, 1.807) is 0 Å². The third-order valence-corrected chi connectivity index (χ3v) is 4.44. The van der Waals surface area contributed by atoms with Crippen LogP contribution in [0.1, 0.15) is 46.0 Å². The lowest BCUT2D eigenvalue weighted by molar-refractivity contribution is 0.143. The van der Waals surface area contributed by atoms with E-state index >= 15 is 0 Å². The van der Waals surface area contributed by atoms with Crippen LogP contribution in [-0.2, 0) is 0 Å². The number of nitrogens with zero attached hydrogens (tertiary/aromatic N) is 1. The molecule has 2 rings (SSSR count). The van der Waals surface area contributed by atoms with Crippen molar-refractivity contribution in [3.05, 3.63) is 0 Å². The molecule has 1 aliphatic heterocycles. The molecule has 2 nitrogen and oxygen atoms in total. The zero-order valence-corrected chi connectivity index (χ0v) is 11.0. The molecule has 94 valence electrons. The van der Waals surface area contributed by atoms with Crippen molar-refractivity contribution in [3.8, 4) is 0 Å². The number of nitrogens with one attached hydrogen (secondary N) is 1. The maximum Gasteiger partial charge on any atom is 0.0167 e. The van der Waals surface area contributed by atoms with Crippen LogP contribution in [0.25, 0.3) is 0 Å². The maximum absolute atomic E-state index is 3.53. The molecule has 0 aromatic carbocycles. The number of hydrogen-bond donors (Lipinski definition) is 1. The summed E-state index contributed by atoms with van der Waals surface area (Å²) in [6, 6.07) is 0.694. The van der Waals surface area contributed by atoms with Crippen LogP contribution in [0.4, 0.5) is 0 Å². The van der Waals surface area contributed by atoms with Crippen molar-refractivity contribution in [2.45, 2.75) is 52.0 Å². The Morgan fingerprint density at radius 2 is 2.06 bits per heavy atom. The zero-order chi connectivity index (χ0) is 11.4. The quantitative estimate of drug-likeness (QED) is 0.792. The second-order valence-corrected chi connectivity index (χ2v) is 5.92. The van der Waals surface area contributed by atoms with E-state index < -0.39 is 0 Å². The lowest BCUT2D eigenvalue weighted by atomic mass is 9.80. The molecule has 1 N–H and O–H groups in total. The van der Waals surface area contributed by atoms with E-state index in [1.165, 1.54) is 58.3 Å². The highest BCUT2D eigenvalue weighted by Gasteiger charge is 2.24. The van der Waals surface area contributed by atoms with Gasteiger partial charge in [-0.2, -0.15) is 0 Å². The first-order chi connectivity index (χ1) is 7.78. The van der Waals surface area contributed by atoms with Gasteiger partial charge in [0.05, 0.1) is 0 Å². The van der Waals surface area contributed by atoms with Crippen LogP contribution in [0.2, 0.25) is 0 Å². The van der Waals surface area contributed by atoms with Crippen molar-refractivity contribution in [2.75, 3.05) is 26.2 Å². The first-order valence-corrected chi connectivity index (χ1v) is 7.23. The molecule has 2 heteroatoms. The van der Waals surface area contributed by atoms with E-state index in [9.17, 15) is 0 Å². The van der Waals surface area contributed by atoms with E-state index in [4.69, 9.17) is 0 Å². The van der Waals surface area contributed by atoms with Crippen LogP contribution in [0.5, 0.6) is 0 Å². The summed E-state index contributed by atoms with van der Waals surface area (Å²) < 4.78 is 0. The van der Waals surface area contributed by atoms with Crippen molar-refractivity contribution in [2.24, 2.45) is 11.8 Å². The van der Waals surface area contributed by atoms with Gasteiger partial charge in [-0.1, -0.05) is 26.2 Å². The second kappa shape index (κ2) is 6.02. The lowest BCUT2D eigenvalue weighted by Gasteiger charge is -2.37. The Labute approximate surface area is 101 Å².